The van der Waals surface area contributed by atoms with Crippen LogP contribution in [-0.2, 0) is 6.42 Å². The normalized spacial score (nSPS) is 12.5. The molecule has 1 aliphatic heterocycles. The Kier molecular flexibility index (Phi) is 4.26. The van der Waals surface area contributed by atoms with Gasteiger partial charge < -0.3 is 9.47 Å². The molecule has 2 aromatic carbocycles. The van der Waals surface area contributed by atoms with Crippen molar-refractivity contribution in [3.05, 3.63) is 85.4 Å². The average molecular weight is 382 g/mol. The molecule has 28 heavy (non-hydrogen) atoms. The van der Waals surface area contributed by atoms with Crippen molar-refractivity contribution in [1.29, 1.82) is 0 Å². The van der Waals surface area contributed by atoms with Crippen molar-refractivity contribution in [3.63, 3.8) is 0 Å². The number of fused-ring (bicyclic) bond motifs is 2. The zero-order chi connectivity index (χ0) is 19.8. The van der Waals surface area contributed by atoms with Crippen molar-refractivity contribution in [2.45, 2.75) is 6.42 Å². The lowest BCUT2D eigenvalue weighted by Crippen LogP contribution is -2.37. The molecule has 8 nitrogen and oxygen atoms in total. The van der Waals surface area contributed by atoms with E-state index in [0.717, 1.165) is 10.2 Å². The first-order chi connectivity index (χ1) is 13.5. The summed E-state index contributed by atoms with van der Waals surface area (Å²) >= 11 is 0. The van der Waals surface area contributed by atoms with E-state index in [1.54, 1.807) is 24.3 Å². The first-order valence-corrected chi connectivity index (χ1v) is 8.32. The van der Waals surface area contributed by atoms with Gasteiger partial charge in [0.15, 0.2) is 17.3 Å². The lowest BCUT2D eigenvalue weighted by atomic mass is 9.95. The molecule has 2 heterocycles. The summed E-state index contributed by atoms with van der Waals surface area (Å²) in [6.07, 6.45) is 0.218. The second kappa shape index (κ2) is 6.76. The van der Waals surface area contributed by atoms with Crippen LogP contribution >= 0.6 is 0 Å². The molecule has 0 bridgehead atoms. The molecule has 0 fully saturated rings. The van der Waals surface area contributed by atoms with Crippen molar-refractivity contribution < 1.29 is 13.9 Å². The third-order valence-electron chi connectivity index (χ3n) is 4.45. The highest BCUT2D eigenvalue weighted by Crippen LogP contribution is 2.33. The Balaban J connectivity index is 2.06. The minimum Gasteiger partial charge on any atom is -0.493 e. The number of halogens is 1. The van der Waals surface area contributed by atoms with Crippen LogP contribution in [0.1, 0.15) is 22.5 Å². The molecule has 0 atom stereocenters. The molecule has 9 heteroatoms. The molecule has 0 unspecified atom stereocenters. The van der Waals surface area contributed by atoms with E-state index in [9.17, 15) is 14.0 Å². The van der Waals surface area contributed by atoms with Crippen LogP contribution in [0.3, 0.4) is 0 Å². The number of benzene rings is 2. The maximum absolute atomic E-state index is 13.4. The summed E-state index contributed by atoms with van der Waals surface area (Å²) in [6, 6.07) is 9.18. The fourth-order valence-corrected chi connectivity index (χ4v) is 3.07. The predicted molar refractivity (Wildman–Crippen MR) is 98.9 cm³/mol. The van der Waals surface area contributed by atoms with E-state index in [1.807, 2.05) is 0 Å². The van der Waals surface area contributed by atoms with Crippen molar-refractivity contribution in [2.24, 2.45) is 5.10 Å². The molecular weight excluding hydrogens is 367 g/mol. The summed E-state index contributed by atoms with van der Waals surface area (Å²) in [5.41, 5.74) is 0.620. The monoisotopic (exact) mass is 382 g/mol. The molecule has 0 aliphatic carbocycles. The van der Waals surface area contributed by atoms with Gasteiger partial charge in [-0.15, -0.1) is 0 Å². The van der Waals surface area contributed by atoms with E-state index in [-0.39, 0.29) is 12.2 Å². The highest BCUT2D eigenvalue weighted by molar-refractivity contribution is 6.14. The Morgan fingerprint density at radius 2 is 1.75 bits per heavy atom. The zero-order valence-corrected chi connectivity index (χ0v) is 15.0. The molecule has 1 aliphatic rings. The second-order valence-corrected chi connectivity index (χ2v) is 6.08. The Labute approximate surface area is 157 Å². The van der Waals surface area contributed by atoms with Crippen LogP contribution in [0.4, 0.5) is 4.39 Å². The van der Waals surface area contributed by atoms with Crippen LogP contribution in [0.25, 0.3) is 0 Å². The summed E-state index contributed by atoms with van der Waals surface area (Å²) < 4.78 is 25.1. The van der Waals surface area contributed by atoms with Crippen LogP contribution in [0.2, 0.25) is 0 Å². The average Bonchev–Trinajstić information content (AvgIpc) is 2.87. The van der Waals surface area contributed by atoms with Crippen molar-refractivity contribution >= 4 is 5.71 Å². The van der Waals surface area contributed by atoms with Crippen molar-refractivity contribution in [2.75, 3.05) is 14.2 Å². The first kappa shape index (κ1) is 17.7. The molecule has 0 saturated heterocycles. The lowest BCUT2D eigenvalue weighted by molar-refractivity contribution is 0.354. The van der Waals surface area contributed by atoms with Gasteiger partial charge in [-0.05, 0) is 42.0 Å². The number of hydrogen-bond donors (Lipinski definition) is 1. The van der Waals surface area contributed by atoms with Gasteiger partial charge in [-0.3, -0.25) is 9.59 Å². The van der Waals surface area contributed by atoms with Crippen LogP contribution < -0.4 is 20.6 Å². The van der Waals surface area contributed by atoms with Gasteiger partial charge in [0.1, 0.15) is 5.82 Å². The van der Waals surface area contributed by atoms with Gasteiger partial charge in [-0.1, -0.05) is 0 Å². The number of hydrogen-bond acceptors (Lipinski definition) is 6. The molecule has 142 valence electrons. The SMILES string of the molecule is COc1cc2c(cc1OC)C(c1ccc(F)cc1)=Nn1c(n[nH]c(=O)c1=O)C2. The van der Waals surface area contributed by atoms with Gasteiger partial charge >= 0.3 is 11.1 Å². The topological polar surface area (TPSA) is 98.6 Å². The van der Waals surface area contributed by atoms with Gasteiger partial charge in [0, 0.05) is 17.5 Å². The van der Waals surface area contributed by atoms with Gasteiger partial charge in [-0.2, -0.15) is 14.9 Å². The Bertz CT molecular complexity index is 1210. The van der Waals surface area contributed by atoms with Gasteiger partial charge in [0.05, 0.1) is 19.9 Å². The number of nitrogens with one attached hydrogen (secondary N) is 1. The van der Waals surface area contributed by atoms with Crippen LogP contribution in [0.5, 0.6) is 11.5 Å². The Hall–Kier alpha value is -3.75. The Morgan fingerprint density at radius 3 is 2.43 bits per heavy atom. The molecular formula is C19H15FN4O4. The van der Waals surface area contributed by atoms with Gasteiger partial charge in [-0.25, -0.2) is 9.49 Å². The zero-order valence-electron chi connectivity index (χ0n) is 15.0. The van der Waals surface area contributed by atoms with E-state index in [0.29, 0.717) is 28.3 Å². The molecule has 1 N–H and O–H groups in total. The first-order valence-electron chi connectivity index (χ1n) is 8.32. The number of rotatable bonds is 3. The van der Waals surface area contributed by atoms with Crippen molar-refractivity contribution in [3.8, 4) is 11.5 Å². The van der Waals surface area contributed by atoms with E-state index in [1.165, 1.54) is 26.4 Å². The van der Waals surface area contributed by atoms with E-state index in [2.05, 4.69) is 15.3 Å². The van der Waals surface area contributed by atoms with Gasteiger partial charge in [0.2, 0.25) is 0 Å². The molecule has 0 saturated carbocycles. The Morgan fingerprint density at radius 1 is 1.07 bits per heavy atom. The fourth-order valence-electron chi connectivity index (χ4n) is 3.07. The van der Waals surface area contributed by atoms with E-state index >= 15 is 0 Å². The summed E-state index contributed by atoms with van der Waals surface area (Å²) in [7, 11) is 3.03. The standard InChI is InChI=1S/C19H15FN4O4/c1-27-14-7-11-8-16-21-22-18(25)19(26)24(16)23-17(13(11)9-15(14)28-2)10-3-5-12(20)6-4-10/h3-7,9H,8H2,1-2H3,(H,22,25). The van der Waals surface area contributed by atoms with Crippen LogP contribution in [-0.4, -0.2) is 34.8 Å². The fraction of sp³-hybridized carbons (Fsp3) is 0.158. The summed E-state index contributed by atoms with van der Waals surface area (Å²) in [5.74, 6) is 0.828. The summed E-state index contributed by atoms with van der Waals surface area (Å²) in [5, 5.41) is 10.5. The molecule has 0 amide bonds. The number of methoxy groups -OCH3 is 2. The number of H-pyrrole nitrogens is 1. The maximum Gasteiger partial charge on any atom is 0.339 e. The third kappa shape index (κ3) is 2.86. The number of aromatic nitrogens is 3. The summed E-state index contributed by atoms with van der Waals surface area (Å²) in [4.78, 5) is 24.1. The minimum atomic E-state index is -0.882. The van der Waals surface area contributed by atoms with Crippen molar-refractivity contribution in [1.82, 2.24) is 14.9 Å². The molecule has 0 radical (unpaired) electrons. The largest absolute Gasteiger partial charge is 0.493 e. The predicted octanol–water partition coefficient (Wildman–Crippen LogP) is 1.29. The summed E-state index contributed by atoms with van der Waals surface area (Å²) in [6.45, 7) is 0. The highest BCUT2D eigenvalue weighted by Gasteiger charge is 2.23. The smallest absolute Gasteiger partial charge is 0.339 e. The molecule has 4 rings (SSSR count). The highest BCUT2D eigenvalue weighted by atomic mass is 19.1. The minimum absolute atomic E-state index is 0.218. The van der Waals surface area contributed by atoms with Crippen LogP contribution in [0, 0.1) is 5.82 Å². The van der Waals surface area contributed by atoms with E-state index < -0.39 is 16.9 Å². The lowest BCUT2D eigenvalue weighted by Gasteiger charge is -2.14. The second-order valence-electron chi connectivity index (χ2n) is 6.08. The molecule has 0 spiro atoms. The van der Waals surface area contributed by atoms with Gasteiger partial charge in [0.25, 0.3) is 0 Å². The van der Waals surface area contributed by atoms with Crippen LogP contribution in [0.15, 0.2) is 51.1 Å². The maximum atomic E-state index is 13.4. The van der Waals surface area contributed by atoms with E-state index in [4.69, 9.17) is 9.47 Å². The number of aromatic amines is 1. The number of ether oxygens (including phenoxy) is 2. The molecule has 1 aromatic heterocycles. The third-order valence-corrected chi connectivity index (χ3v) is 4.45. The number of nitrogens with zero attached hydrogens (tertiary/aromatic N) is 3. The quantitative estimate of drug-likeness (QED) is 0.539. The molecule has 3 aromatic rings.